The lowest BCUT2D eigenvalue weighted by molar-refractivity contribution is -0.149. The lowest BCUT2D eigenvalue weighted by Gasteiger charge is -2.32. The number of rotatable bonds is 4. The van der Waals surface area contributed by atoms with E-state index in [-0.39, 0.29) is 18.6 Å². The largest absolute Gasteiger partial charge is 0.497 e. The first-order valence-electron chi connectivity index (χ1n) is 5.95. The highest BCUT2D eigenvalue weighted by Gasteiger charge is 2.25. The molecule has 18 heavy (non-hydrogen) atoms. The molecule has 98 valence electrons. The van der Waals surface area contributed by atoms with E-state index in [1.54, 1.807) is 12.0 Å². The van der Waals surface area contributed by atoms with Crippen LogP contribution >= 0.6 is 0 Å². The molecule has 0 spiro atoms. The Morgan fingerprint density at radius 3 is 2.78 bits per heavy atom. The minimum absolute atomic E-state index is 0.00974. The van der Waals surface area contributed by atoms with Gasteiger partial charge in [0, 0.05) is 19.6 Å². The van der Waals surface area contributed by atoms with Gasteiger partial charge in [0.25, 0.3) is 0 Å². The Hall–Kier alpha value is -1.59. The Morgan fingerprint density at radius 2 is 2.17 bits per heavy atom. The first kappa shape index (κ1) is 12.9. The molecule has 1 atom stereocenters. The van der Waals surface area contributed by atoms with Crippen molar-refractivity contribution in [2.24, 2.45) is 5.73 Å². The number of carbonyl (C=O) groups is 1. The summed E-state index contributed by atoms with van der Waals surface area (Å²) < 4.78 is 10.4. The molecule has 1 aromatic carbocycles. The van der Waals surface area contributed by atoms with E-state index in [4.69, 9.17) is 15.2 Å². The second-order valence-electron chi connectivity index (χ2n) is 4.29. The van der Waals surface area contributed by atoms with Gasteiger partial charge < -0.3 is 20.1 Å². The number of amides is 1. The van der Waals surface area contributed by atoms with Gasteiger partial charge in [-0.15, -0.1) is 0 Å². The summed E-state index contributed by atoms with van der Waals surface area (Å²) >= 11 is 0. The van der Waals surface area contributed by atoms with E-state index in [2.05, 4.69) is 0 Å². The van der Waals surface area contributed by atoms with Crippen molar-refractivity contribution in [1.82, 2.24) is 4.90 Å². The number of nitrogens with zero attached hydrogens (tertiary/aromatic N) is 1. The summed E-state index contributed by atoms with van der Waals surface area (Å²) in [5.41, 5.74) is 6.63. The van der Waals surface area contributed by atoms with Crippen LogP contribution in [-0.4, -0.2) is 43.7 Å². The summed E-state index contributed by atoms with van der Waals surface area (Å²) in [4.78, 5) is 13.5. The Kier molecular flexibility index (Phi) is 4.17. The molecule has 0 saturated carbocycles. The molecule has 1 amide bonds. The van der Waals surface area contributed by atoms with Crippen molar-refractivity contribution in [1.29, 1.82) is 0 Å². The smallest absolute Gasteiger partial charge is 0.248 e. The molecule has 0 aliphatic carbocycles. The van der Waals surface area contributed by atoms with Crippen LogP contribution in [0.1, 0.15) is 5.56 Å². The van der Waals surface area contributed by atoms with E-state index in [9.17, 15) is 4.79 Å². The molecule has 1 aromatic rings. The SMILES string of the molecule is COc1ccc(CN2C[C@@H](CN)OCC2=O)cc1. The fourth-order valence-corrected chi connectivity index (χ4v) is 1.93. The van der Waals surface area contributed by atoms with Crippen molar-refractivity contribution in [3.63, 3.8) is 0 Å². The third-order valence-corrected chi connectivity index (χ3v) is 3.01. The first-order chi connectivity index (χ1) is 8.72. The predicted molar refractivity (Wildman–Crippen MR) is 67.2 cm³/mol. The van der Waals surface area contributed by atoms with Gasteiger partial charge in [-0.05, 0) is 17.7 Å². The molecule has 1 aliphatic rings. The average molecular weight is 250 g/mol. The molecule has 2 N–H and O–H groups in total. The molecule has 2 rings (SSSR count). The Balaban J connectivity index is 2.00. The molecule has 0 radical (unpaired) electrons. The van der Waals surface area contributed by atoms with Crippen molar-refractivity contribution in [3.8, 4) is 5.75 Å². The fourth-order valence-electron chi connectivity index (χ4n) is 1.93. The maximum Gasteiger partial charge on any atom is 0.248 e. The average Bonchev–Trinajstić information content (AvgIpc) is 2.42. The minimum Gasteiger partial charge on any atom is -0.497 e. The van der Waals surface area contributed by atoms with Gasteiger partial charge in [0.2, 0.25) is 5.91 Å². The van der Waals surface area contributed by atoms with Gasteiger partial charge >= 0.3 is 0 Å². The van der Waals surface area contributed by atoms with Crippen LogP contribution in [0.25, 0.3) is 0 Å². The van der Waals surface area contributed by atoms with Crippen LogP contribution in [0.5, 0.6) is 5.75 Å². The molecule has 0 unspecified atom stereocenters. The number of hydrogen-bond donors (Lipinski definition) is 1. The summed E-state index contributed by atoms with van der Waals surface area (Å²) in [6, 6.07) is 7.69. The standard InChI is InChI=1S/C13H18N2O3/c1-17-11-4-2-10(3-5-11)7-15-8-12(6-14)18-9-13(15)16/h2-5,12H,6-9,14H2,1H3/t12-/m1/s1. The summed E-state index contributed by atoms with van der Waals surface area (Å²) in [5.74, 6) is 0.822. The molecule has 5 heteroatoms. The van der Waals surface area contributed by atoms with Gasteiger partial charge in [-0.1, -0.05) is 12.1 Å². The predicted octanol–water partition coefficient (Wildman–Crippen LogP) is 0.381. The maximum absolute atomic E-state index is 11.7. The topological polar surface area (TPSA) is 64.8 Å². The van der Waals surface area contributed by atoms with Crippen LogP contribution in [0.4, 0.5) is 0 Å². The van der Waals surface area contributed by atoms with Crippen molar-refractivity contribution in [2.75, 3.05) is 26.8 Å². The van der Waals surface area contributed by atoms with Gasteiger partial charge in [-0.3, -0.25) is 4.79 Å². The summed E-state index contributed by atoms with van der Waals surface area (Å²) in [6.07, 6.45) is -0.0547. The fraction of sp³-hybridized carbons (Fsp3) is 0.462. The normalized spacial score (nSPS) is 20.0. The summed E-state index contributed by atoms with van der Waals surface area (Å²) in [6.45, 7) is 1.70. The van der Waals surface area contributed by atoms with Gasteiger partial charge in [-0.25, -0.2) is 0 Å². The molecule has 0 bridgehead atoms. The zero-order valence-corrected chi connectivity index (χ0v) is 10.5. The molecule has 1 heterocycles. The molecule has 1 aliphatic heterocycles. The van der Waals surface area contributed by atoms with Crippen molar-refractivity contribution in [2.45, 2.75) is 12.6 Å². The van der Waals surface area contributed by atoms with Crippen molar-refractivity contribution >= 4 is 5.91 Å². The van der Waals surface area contributed by atoms with Crippen LogP contribution in [0, 0.1) is 0 Å². The number of morpholine rings is 1. The Labute approximate surface area is 106 Å². The third kappa shape index (κ3) is 3.00. The van der Waals surface area contributed by atoms with Crippen molar-refractivity contribution < 1.29 is 14.3 Å². The quantitative estimate of drug-likeness (QED) is 0.839. The molecular formula is C13H18N2O3. The monoisotopic (exact) mass is 250 g/mol. The Morgan fingerprint density at radius 1 is 1.44 bits per heavy atom. The van der Waals surface area contributed by atoms with Crippen LogP contribution in [0.2, 0.25) is 0 Å². The van der Waals surface area contributed by atoms with Gasteiger partial charge in [-0.2, -0.15) is 0 Å². The number of hydrogen-bond acceptors (Lipinski definition) is 4. The summed E-state index contributed by atoms with van der Waals surface area (Å²) in [7, 11) is 1.63. The maximum atomic E-state index is 11.7. The zero-order valence-electron chi connectivity index (χ0n) is 10.5. The zero-order chi connectivity index (χ0) is 13.0. The Bertz CT molecular complexity index is 405. The van der Waals surface area contributed by atoms with Crippen LogP contribution in [0.3, 0.4) is 0 Å². The van der Waals surface area contributed by atoms with E-state index in [0.717, 1.165) is 11.3 Å². The van der Waals surface area contributed by atoms with E-state index in [1.165, 1.54) is 0 Å². The van der Waals surface area contributed by atoms with E-state index in [1.807, 2.05) is 24.3 Å². The molecular weight excluding hydrogens is 232 g/mol. The number of nitrogens with two attached hydrogens (primary N) is 1. The van der Waals surface area contributed by atoms with E-state index >= 15 is 0 Å². The van der Waals surface area contributed by atoms with Gasteiger partial charge in [0.15, 0.2) is 0 Å². The lowest BCUT2D eigenvalue weighted by Crippen LogP contribution is -2.48. The third-order valence-electron chi connectivity index (χ3n) is 3.01. The molecule has 0 aromatic heterocycles. The number of benzene rings is 1. The second-order valence-corrected chi connectivity index (χ2v) is 4.29. The van der Waals surface area contributed by atoms with Gasteiger partial charge in [0.1, 0.15) is 12.4 Å². The molecule has 1 saturated heterocycles. The van der Waals surface area contributed by atoms with Crippen LogP contribution in [-0.2, 0) is 16.1 Å². The lowest BCUT2D eigenvalue weighted by atomic mass is 10.2. The van der Waals surface area contributed by atoms with Crippen LogP contribution < -0.4 is 10.5 Å². The summed E-state index contributed by atoms with van der Waals surface area (Å²) in [5, 5.41) is 0. The van der Waals surface area contributed by atoms with E-state index < -0.39 is 0 Å². The van der Waals surface area contributed by atoms with Crippen LogP contribution in [0.15, 0.2) is 24.3 Å². The highest BCUT2D eigenvalue weighted by molar-refractivity contribution is 5.78. The molecule has 5 nitrogen and oxygen atoms in total. The highest BCUT2D eigenvalue weighted by Crippen LogP contribution is 2.15. The minimum atomic E-state index is -0.0547. The molecule has 1 fully saturated rings. The highest BCUT2D eigenvalue weighted by atomic mass is 16.5. The van der Waals surface area contributed by atoms with Gasteiger partial charge in [0.05, 0.1) is 13.2 Å². The van der Waals surface area contributed by atoms with E-state index in [0.29, 0.717) is 19.6 Å². The number of ether oxygens (including phenoxy) is 2. The number of carbonyl (C=O) groups excluding carboxylic acids is 1. The second kappa shape index (κ2) is 5.84. The first-order valence-corrected chi connectivity index (χ1v) is 5.95. The number of methoxy groups -OCH3 is 1. The van der Waals surface area contributed by atoms with Crippen molar-refractivity contribution in [3.05, 3.63) is 29.8 Å².